The molecule has 0 amide bonds. The van der Waals surface area contributed by atoms with E-state index >= 15 is 0 Å². The van der Waals surface area contributed by atoms with Crippen molar-refractivity contribution in [3.63, 3.8) is 0 Å². The van der Waals surface area contributed by atoms with E-state index in [-0.39, 0.29) is 0 Å². The van der Waals surface area contributed by atoms with Crippen molar-refractivity contribution in [3.05, 3.63) is 10.5 Å². The zero-order chi connectivity index (χ0) is 13.4. The van der Waals surface area contributed by atoms with Crippen molar-refractivity contribution >= 4 is 35.1 Å². The normalized spacial score (nSPS) is 19.6. The van der Waals surface area contributed by atoms with Crippen LogP contribution < -0.4 is 0 Å². The maximum atomic E-state index is 5.50. The van der Waals surface area contributed by atoms with Crippen molar-refractivity contribution < 1.29 is 0 Å². The average Bonchev–Trinajstić information content (AvgIpc) is 3.04. The van der Waals surface area contributed by atoms with E-state index in [1.807, 2.05) is 11.7 Å². The summed E-state index contributed by atoms with van der Waals surface area (Å²) in [5.41, 5.74) is 3.43. The topological polar surface area (TPSA) is 38.5 Å². The SMILES string of the molecule is CCCc1nn(C)c2c1[nH]c(=S)n2CC1CCCS1. The van der Waals surface area contributed by atoms with Gasteiger partial charge in [0.2, 0.25) is 0 Å². The first kappa shape index (κ1) is 13.2. The first-order chi connectivity index (χ1) is 9.20. The summed E-state index contributed by atoms with van der Waals surface area (Å²) >= 11 is 7.57. The van der Waals surface area contributed by atoms with Gasteiger partial charge in [0.05, 0.1) is 5.69 Å². The second-order valence-corrected chi connectivity index (χ2v) is 6.99. The quantitative estimate of drug-likeness (QED) is 0.880. The van der Waals surface area contributed by atoms with Gasteiger partial charge in [0.15, 0.2) is 10.4 Å². The van der Waals surface area contributed by atoms with Crippen LogP contribution in [0.4, 0.5) is 0 Å². The lowest BCUT2D eigenvalue weighted by Gasteiger charge is -2.10. The molecule has 19 heavy (non-hydrogen) atoms. The monoisotopic (exact) mass is 296 g/mol. The first-order valence-electron chi connectivity index (χ1n) is 6.96. The molecule has 0 bridgehead atoms. The van der Waals surface area contributed by atoms with E-state index in [0.717, 1.165) is 41.0 Å². The number of H-pyrrole nitrogens is 1. The maximum absolute atomic E-state index is 5.50. The molecule has 2 aromatic rings. The van der Waals surface area contributed by atoms with Crippen LogP contribution in [-0.2, 0) is 20.0 Å². The molecule has 1 aliphatic heterocycles. The smallest absolute Gasteiger partial charge is 0.179 e. The third-order valence-electron chi connectivity index (χ3n) is 3.72. The molecule has 1 atom stereocenters. The second-order valence-electron chi connectivity index (χ2n) is 5.19. The number of aryl methyl sites for hydroxylation is 2. The molecule has 0 radical (unpaired) electrons. The lowest BCUT2D eigenvalue weighted by atomic mass is 10.2. The third kappa shape index (κ3) is 2.36. The number of nitrogens with one attached hydrogen (secondary N) is 1. The summed E-state index contributed by atoms with van der Waals surface area (Å²) in [5, 5.41) is 5.33. The number of fused-ring (bicyclic) bond motifs is 1. The largest absolute Gasteiger partial charge is 0.328 e. The summed E-state index contributed by atoms with van der Waals surface area (Å²) in [6.45, 7) is 3.19. The van der Waals surface area contributed by atoms with Crippen molar-refractivity contribution in [1.82, 2.24) is 19.3 Å². The van der Waals surface area contributed by atoms with Gasteiger partial charge in [-0.3, -0.25) is 4.68 Å². The number of hydrogen-bond donors (Lipinski definition) is 1. The van der Waals surface area contributed by atoms with Crippen molar-refractivity contribution in [3.8, 4) is 0 Å². The van der Waals surface area contributed by atoms with E-state index in [1.54, 1.807) is 0 Å². The summed E-state index contributed by atoms with van der Waals surface area (Å²) in [5.74, 6) is 1.29. The molecule has 1 fully saturated rings. The predicted molar refractivity (Wildman–Crippen MR) is 83.4 cm³/mol. The van der Waals surface area contributed by atoms with Crippen molar-refractivity contribution in [2.24, 2.45) is 7.05 Å². The van der Waals surface area contributed by atoms with Crippen LogP contribution in [0.3, 0.4) is 0 Å². The zero-order valence-electron chi connectivity index (χ0n) is 11.5. The first-order valence-corrected chi connectivity index (χ1v) is 8.42. The number of aromatic amines is 1. The predicted octanol–water partition coefficient (Wildman–Crippen LogP) is 3.28. The van der Waals surface area contributed by atoms with Gasteiger partial charge in [-0.1, -0.05) is 13.3 Å². The van der Waals surface area contributed by atoms with E-state index in [0.29, 0.717) is 5.25 Å². The van der Waals surface area contributed by atoms with Crippen LogP contribution >= 0.6 is 24.0 Å². The number of thioether (sulfide) groups is 1. The summed E-state index contributed by atoms with van der Waals surface area (Å²) < 4.78 is 5.05. The Bertz CT molecular complexity index is 631. The molecule has 1 aliphatic rings. The molecule has 3 heterocycles. The molecule has 1 N–H and O–H groups in total. The van der Waals surface area contributed by atoms with Gasteiger partial charge in [-0.2, -0.15) is 16.9 Å². The van der Waals surface area contributed by atoms with Crippen LogP contribution in [0, 0.1) is 4.77 Å². The fourth-order valence-corrected chi connectivity index (χ4v) is 4.37. The standard InChI is InChI=1S/C13H20N4S2/c1-3-5-10-11-12(16(2)15-10)17(13(18)14-11)8-9-6-4-7-19-9/h9H,3-8H2,1-2H3,(H,14,18). The average molecular weight is 296 g/mol. The van der Waals surface area contributed by atoms with Crippen molar-refractivity contribution in [1.29, 1.82) is 0 Å². The number of nitrogens with zero attached hydrogens (tertiary/aromatic N) is 3. The molecule has 1 saturated heterocycles. The minimum atomic E-state index is 0.704. The molecule has 104 valence electrons. The molecule has 0 aliphatic carbocycles. The fourth-order valence-electron chi connectivity index (χ4n) is 2.85. The van der Waals surface area contributed by atoms with Gasteiger partial charge in [-0.15, -0.1) is 0 Å². The summed E-state index contributed by atoms with van der Waals surface area (Å²) in [4.78, 5) is 3.36. The molecule has 1 unspecified atom stereocenters. The number of rotatable bonds is 4. The van der Waals surface area contributed by atoms with E-state index < -0.39 is 0 Å². The molecule has 0 saturated carbocycles. The summed E-state index contributed by atoms with van der Waals surface area (Å²) in [6, 6.07) is 0. The molecule has 0 spiro atoms. The highest BCUT2D eigenvalue weighted by molar-refractivity contribution is 8.00. The molecule has 3 rings (SSSR count). The minimum Gasteiger partial charge on any atom is -0.328 e. The van der Waals surface area contributed by atoms with Crippen LogP contribution in [0.15, 0.2) is 0 Å². The lowest BCUT2D eigenvalue weighted by molar-refractivity contribution is 0.622. The third-order valence-corrected chi connectivity index (χ3v) is 5.42. The van der Waals surface area contributed by atoms with Gasteiger partial charge >= 0.3 is 0 Å². The fraction of sp³-hybridized carbons (Fsp3) is 0.692. The highest BCUT2D eigenvalue weighted by Gasteiger charge is 2.20. The highest BCUT2D eigenvalue weighted by atomic mass is 32.2. The second kappa shape index (κ2) is 5.32. The van der Waals surface area contributed by atoms with Gasteiger partial charge < -0.3 is 9.55 Å². The maximum Gasteiger partial charge on any atom is 0.179 e. The van der Waals surface area contributed by atoms with Crippen LogP contribution in [0.2, 0.25) is 0 Å². The highest BCUT2D eigenvalue weighted by Crippen LogP contribution is 2.29. The lowest BCUT2D eigenvalue weighted by Crippen LogP contribution is -2.11. The van der Waals surface area contributed by atoms with Crippen molar-refractivity contribution in [2.75, 3.05) is 5.75 Å². The molecule has 0 aromatic carbocycles. The van der Waals surface area contributed by atoms with Crippen LogP contribution in [0.1, 0.15) is 31.9 Å². The van der Waals surface area contributed by atoms with E-state index in [4.69, 9.17) is 12.2 Å². The molecule has 2 aromatic heterocycles. The van der Waals surface area contributed by atoms with Crippen LogP contribution in [-0.4, -0.2) is 30.3 Å². The zero-order valence-corrected chi connectivity index (χ0v) is 13.1. The Morgan fingerprint density at radius 1 is 1.53 bits per heavy atom. The molecule has 4 nitrogen and oxygen atoms in total. The Kier molecular flexibility index (Phi) is 3.71. The van der Waals surface area contributed by atoms with Crippen molar-refractivity contribution in [2.45, 2.75) is 44.4 Å². The van der Waals surface area contributed by atoms with Gasteiger partial charge in [0, 0.05) is 18.8 Å². The Labute approximate surface area is 122 Å². The van der Waals surface area contributed by atoms with Gasteiger partial charge in [-0.25, -0.2) is 0 Å². The van der Waals surface area contributed by atoms with Gasteiger partial charge in [0.25, 0.3) is 0 Å². The van der Waals surface area contributed by atoms with Gasteiger partial charge in [0.1, 0.15) is 5.52 Å². The van der Waals surface area contributed by atoms with Crippen LogP contribution in [0.5, 0.6) is 0 Å². The van der Waals surface area contributed by atoms with E-state index in [1.165, 1.54) is 18.6 Å². The molecule has 6 heteroatoms. The number of aromatic nitrogens is 4. The minimum absolute atomic E-state index is 0.704. The van der Waals surface area contributed by atoms with E-state index in [2.05, 4.69) is 33.3 Å². The Morgan fingerprint density at radius 2 is 2.37 bits per heavy atom. The summed E-state index contributed by atoms with van der Waals surface area (Å²) in [7, 11) is 2.02. The number of hydrogen-bond acceptors (Lipinski definition) is 3. The van der Waals surface area contributed by atoms with Crippen LogP contribution in [0.25, 0.3) is 11.2 Å². The number of imidazole rings is 1. The van der Waals surface area contributed by atoms with E-state index in [9.17, 15) is 0 Å². The Hall–Kier alpha value is -0.750. The summed E-state index contributed by atoms with van der Waals surface area (Å²) in [6.07, 6.45) is 4.75. The Balaban J connectivity index is 2.03. The molecular weight excluding hydrogens is 276 g/mol. The Morgan fingerprint density at radius 3 is 3.05 bits per heavy atom. The molecular formula is C13H20N4S2. The van der Waals surface area contributed by atoms with Gasteiger partial charge in [-0.05, 0) is 37.2 Å².